The average Bonchev–Trinajstić information content (AvgIpc) is 2.78. The number of ether oxygens (including phenoxy) is 1. The molecule has 2 amide bonds. The Morgan fingerprint density at radius 1 is 1.06 bits per heavy atom. The Morgan fingerprint density at radius 3 is 2.53 bits per heavy atom. The van der Waals surface area contributed by atoms with E-state index in [9.17, 15) is 9.59 Å². The molecule has 2 fully saturated rings. The van der Waals surface area contributed by atoms with Crippen molar-refractivity contribution < 1.29 is 14.3 Å². The number of hydrogen-bond acceptors (Lipinski definition) is 5. The monoisotopic (exact) mass is 444 g/mol. The highest BCUT2D eigenvalue weighted by molar-refractivity contribution is 5.78. The molecule has 3 rings (SSSR count). The summed E-state index contributed by atoms with van der Waals surface area (Å²) in [6.07, 6.45) is 3.14. The Kier molecular flexibility index (Phi) is 9.96. The molecule has 1 atom stereocenters. The van der Waals surface area contributed by atoms with Crippen molar-refractivity contribution in [2.45, 2.75) is 51.7 Å². The maximum Gasteiger partial charge on any atom is 0.234 e. The second kappa shape index (κ2) is 12.9. The van der Waals surface area contributed by atoms with Crippen LogP contribution in [0.4, 0.5) is 0 Å². The van der Waals surface area contributed by atoms with Crippen molar-refractivity contribution in [1.29, 1.82) is 0 Å². The van der Waals surface area contributed by atoms with Gasteiger partial charge >= 0.3 is 0 Å². The highest BCUT2D eigenvalue weighted by atomic mass is 16.5. The number of carbonyl (C=O) groups excluding carboxylic acids is 2. The Hall–Kier alpha value is -1.96. The van der Waals surface area contributed by atoms with Gasteiger partial charge in [0.25, 0.3) is 0 Å². The highest BCUT2D eigenvalue weighted by Crippen LogP contribution is 2.11. The van der Waals surface area contributed by atoms with Crippen LogP contribution in [0.5, 0.6) is 0 Å². The van der Waals surface area contributed by atoms with Gasteiger partial charge in [-0.3, -0.25) is 19.4 Å². The fourth-order valence-electron chi connectivity index (χ4n) is 4.51. The zero-order valence-corrected chi connectivity index (χ0v) is 19.7. The Balaban J connectivity index is 1.27. The van der Waals surface area contributed by atoms with Crippen molar-refractivity contribution in [3.05, 3.63) is 35.9 Å². The standard InChI is InChI=1S/C25H40N4O3/c1-20(2)17-29-14-15-32-23(18-29)16-26-25(31)19-28-12-10-22(11-13-28)27-24(30)9-8-21-6-4-3-5-7-21/h3-7,20,22-23H,8-19H2,1-2H3,(H,26,31)(H,27,30). The number of likely N-dealkylation sites (tertiary alicyclic amines) is 1. The molecule has 2 aliphatic heterocycles. The van der Waals surface area contributed by atoms with Crippen LogP contribution in [0.2, 0.25) is 0 Å². The lowest BCUT2D eigenvalue weighted by Crippen LogP contribution is -2.50. The lowest BCUT2D eigenvalue weighted by Gasteiger charge is -2.34. The van der Waals surface area contributed by atoms with Crippen LogP contribution in [0.3, 0.4) is 0 Å². The van der Waals surface area contributed by atoms with Crippen molar-refractivity contribution in [2.24, 2.45) is 5.92 Å². The van der Waals surface area contributed by atoms with Gasteiger partial charge < -0.3 is 15.4 Å². The first-order valence-corrected chi connectivity index (χ1v) is 12.1. The van der Waals surface area contributed by atoms with E-state index in [1.165, 1.54) is 5.56 Å². The fraction of sp³-hybridized carbons (Fsp3) is 0.680. The van der Waals surface area contributed by atoms with E-state index in [0.29, 0.717) is 25.4 Å². The van der Waals surface area contributed by atoms with Crippen LogP contribution in [0.1, 0.15) is 38.7 Å². The summed E-state index contributed by atoms with van der Waals surface area (Å²) in [6, 6.07) is 10.3. The second-order valence-corrected chi connectivity index (χ2v) is 9.55. The van der Waals surface area contributed by atoms with Gasteiger partial charge in [-0.15, -0.1) is 0 Å². The summed E-state index contributed by atoms with van der Waals surface area (Å²) in [7, 11) is 0. The lowest BCUT2D eigenvalue weighted by atomic mass is 10.0. The third-order valence-electron chi connectivity index (χ3n) is 6.18. The van der Waals surface area contributed by atoms with Crippen LogP contribution in [0, 0.1) is 5.92 Å². The minimum absolute atomic E-state index is 0.0555. The summed E-state index contributed by atoms with van der Waals surface area (Å²) >= 11 is 0. The van der Waals surface area contributed by atoms with Crippen molar-refractivity contribution in [2.75, 3.05) is 52.4 Å². The molecule has 0 aromatic heterocycles. The van der Waals surface area contributed by atoms with Gasteiger partial charge in [0.05, 0.1) is 19.3 Å². The number of amides is 2. The predicted octanol–water partition coefficient (Wildman–Crippen LogP) is 1.67. The molecule has 0 radical (unpaired) electrons. The minimum Gasteiger partial charge on any atom is -0.374 e. The van der Waals surface area contributed by atoms with Crippen LogP contribution in [0.15, 0.2) is 30.3 Å². The van der Waals surface area contributed by atoms with Crippen molar-refractivity contribution in [1.82, 2.24) is 20.4 Å². The topological polar surface area (TPSA) is 73.9 Å². The zero-order chi connectivity index (χ0) is 22.8. The number of nitrogens with zero attached hydrogens (tertiary/aromatic N) is 2. The molecule has 7 nitrogen and oxygen atoms in total. The molecular formula is C25H40N4O3. The first-order chi connectivity index (χ1) is 15.5. The van der Waals surface area contributed by atoms with E-state index >= 15 is 0 Å². The number of piperidine rings is 1. The number of rotatable bonds is 10. The molecule has 0 saturated carbocycles. The number of hydrogen-bond donors (Lipinski definition) is 2. The molecule has 0 bridgehead atoms. The molecule has 2 heterocycles. The first-order valence-electron chi connectivity index (χ1n) is 12.1. The van der Waals surface area contributed by atoms with E-state index in [4.69, 9.17) is 4.74 Å². The van der Waals surface area contributed by atoms with Crippen LogP contribution in [0.25, 0.3) is 0 Å². The molecule has 178 valence electrons. The molecule has 32 heavy (non-hydrogen) atoms. The molecule has 1 aromatic carbocycles. The van der Waals surface area contributed by atoms with Gasteiger partial charge in [-0.1, -0.05) is 44.2 Å². The highest BCUT2D eigenvalue weighted by Gasteiger charge is 2.24. The molecule has 2 N–H and O–H groups in total. The van der Waals surface area contributed by atoms with E-state index in [2.05, 4.69) is 46.4 Å². The smallest absolute Gasteiger partial charge is 0.234 e. The third kappa shape index (κ3) is 8.88. The van der Waals surface area contributed by atoms with Crippen LogP contribution < -0.4 is 10.6 Å². The maximum atomic E-state index is 12.4. The first kappa shape index (κ1) is 24.7. The average molecular weight is 445 g/mol. The molecule has 0 spiro atoms. The molecular weight excluding hydrogens is 404 g/mol. The molecule has 2 saturated heterocycles. The van der Waals surface area contributed by atoms with E-state index in [0.717, 1.165) is 58.6 Å². The number of carbonyl (C=O) groups is 2. The predicted molar refractivity (Wildman–Crippen MR) is 126 cm³/mol. The normalized spacial score (nSPS) is 20.9. The fourth-order valence-corrected chi connectivity index (χ4v) is 4.51. The quantitative estimate of drug-likeness (QED) is 0.574. The van der Waals surface area contributed by atoms with Crippen molar-refractivity contribution in [3.63, 3.8) is 0 Å². The van der Waals surface area contributed by atoms with Crippen LogP contribution >= 0.6 is 0 Å². The zero-order valence-electron chi connectivity index (χ0n) is 19.7. The Morgan fingerprint density at radius 2 is 1.81 bits per heavy atom. The van der Waals surface area contributed by atoms with Gasteiger partial charge in [0.2, 0.25) is 11.8 Å². The molecule has 2 aliphatic rings. The van der Waals surface area contributed by atoms with Crippen LogP contribution in [-0.2, 0) is 20.7 Å². The van der Waals surface area contributed by atoms with Crippen molar-refractivity contribution >= 4 is 11.8 Å². The van der Waals surface area contributed by atoms with E-state index in [1.807, 2.05) is 18.2 Å². The summed E-state index contributed by atoms with van der Waals surface area (Å²) in [5, 5.41) is 6.21. The summed E-state index contributed by atoms with van der Waals surface area (Å²) in [5.74, 6) is 0.809. The lowest BCUT2D eigenvalue weighted by molar-refractivity contribution is -0.125. The molecule has 1 aromatic rings. The molecule has 7 heteroatoms. The second-order valence-electron chi connectivity index (χ2n) is 9.55. The van der Waals surface area contributed by atoms with E-state index in [1.54, 1.807) is 0 Å². The van der Waals surface area contributed by atoms with Gasteiger partial charge in [0.15, 0.2) is 0 Å². The van der Waals surface area contributed by atoms with E-state index < -0.39 is 0 Å². The largest absolute Gasteiger partial charge is 0.374 e. The summed E-state index contributed by atoms with van der Waals surface area (Å²) in [5.41, 5.74) is 1.19. The van der Waals surface area contributed by atoms with Crippen molar-refractivity contribution in [3.8, 4) is 0 Å². The van der Waals surface area contributed by atoms with Gasteiger partial charge in [-0.2, -0.15) is 0 Å². The van der Waals surface area contributed by atoms with Crippen LogP contribution in [-0.4, -0.2) is 86.2 Å². The van der Waals surface area contributed by atoms with Gasteiger partial charge in [0, 0.05) is 51.7 Å². The maximum absolute atomic E-state index is 12.4. The molecule has 1 unspecified atom stereocenters. The van der Waals surface area contributed by atoms with Gasteiger partial charge in [-0.25, -0.2) is 0 Å². The third-order valence-corrected chi connectivity index (χ3v) is 6.18. The summed E-state index contributed by atoms with van der Waals surface area (Å²) < 4.78 is 5.82. The summed E-state index contributed by atoms with van der Waals surface area (Å²) in [6.45, 7) is 10.8. The van der Waals surface area contributed by atoms with Gasteiger partial charge in [0.1, 0.15) is 0 Å². The number of aryl methyl sites for hydroxylation is 1. The Bertz CT molecular complexity index is 704. The SMILES string of the molecule is CC(C)CN1CCOC(CNC(=O)CN2CCC(NC(=O)CCc3ccccc3)CC2)C1. The molecule has 0 aliphatic carbocycles. The minimum atomic E-state index is 0.0555. The summed E-state index contributed by atoms with van der Waals surface area (Å²) in [4.78, 5) is 29.3. The number of nitrogens with one attached hydrogen (secondary N) is 2. The van der Waals surface area contributed by atoms with Gasteiger partial charge in [-0.05, 0) is 30.7 Å². The van der Waals surface area contributed by atoms with E-state index in [-0.39, 0.29) is 24.0 Å². The number of morpholine rings is 1. The number of benzene rings is 1. The Labute approximate surface area is 192 Å².